The van der Waals surface area contributed by atoms with Gasteiger partial charge in [-0.1, -0.05) is 0 Å². The Morgan fingerprint density at radius 1 is 1.40 bits per heavy atom. The predicted octanol–water partition coefficient (Wildman–Crippen LogP) is 1.41. The molecule has 1 unspecified atom stereocenters. The summed E-state index contributed by atoms with van der Waals surface area (Å²) < 4.78 is 31.3. The van der Waals surface area contributed by atoms with E-state index in [1.54, 1.807) is 0 Å². The number of hydrogen-bond donors (Lipinski definition) is 1. The van der Waals surface area contributed by atoms with Crippen LogP contribution in [-0.2, 0) is 14.8 Å². The predicted molar refractivity (Wildman–Crippen MR) is 82.4 cm³/mol. The lowest BCUT2D eigenvalue weighted by molar-refractivity contribution is 0.0102. The third-order valence-corrected chi connectivity index (χ3v) is 6.20. The first-order valence-corrected chi connectivity index (χ1v) is 9.14. The molecule has 1 aromatic carbocycles. The van der Waals surface area contributed by atoms with Crippen LogP contribution in [0.5, 0.6) is 0 Å². The van der Waals surface area contributed by atoms with Crippen molar-refractivity contribution < 1.29 is 13.2 Å². The quantitative estimate of drug-likeness (QED) is 0.657. The van der Waals surface area contributed by atoms with Crippen LogP contribution in [0, 0.1) is 0 Å². The Balaban J connectivity index is 1.84. The highest BCUT2D eigenvalue weighted by Gasteiger charge is 2.27. The van der Waals surface area contributed by atoms with E-state index in [1.165, 1.54) is 16.1 Å². The Morgan fingerprint density at radius 3 is 2.75 bits per heavy atom. The van der Waals surface area contributed by atoms with Gasteiger partial charge in [0.25, 0.3) is 0 Å². The van der Waals surface area contributed by atoms with Gasteiger partial charge in [-0.05, 0) is 31.2 Å². The zero-order valence-electron chi connectivity index (χ0n) is 11.5. The van der Waals surface area contributed by atoms with Gasteiger partial charge in [-0.2, -0.15) is 4.31 Å². The third kappa shape index (κ3) is 4.37. The molecule has 0 aliphatic carbocycles. The summed E-state index contributed by atoms with van der Waals surface area (Å²) in [6.07, 6.45) is -0.0247. The van der Waals surface area contributed by atoms with Crippen LogP contribution in [0.1, 0.15) is 6.92 Å². The van der Waals surface area contributed by atoms with Gasteiger partial charge in [-0.15, -0.1) is 11.8 Å². The molecule has 0 aromatic heterocycles. The second kappa shape index (κ2) is 6.80. The molecule has 1 saturated heterocycles. The minimum atomic E-state index is -3.19. The minimum Gasteiger partial charge on any atom is -0.399 e. The Kier molecular flexibility index (Phi) is 5.31. The van der Waals surface area contributed by atoms with Gasteiger partial charge < -0.3 is 10.5 Å². The van der Waals surface area contributed by atoms with E-state index in [9.17, 15) is 8.42 Å². The van der Waals surface area contributed by atoms with Gasteiger partial charge in [0, 0.05) is 29.4 Å². The maximum absolute atomic E-state index is 12.2. The van der Waals surface area contributed by atoms with E-state index in [4.69, 9.17) is 10.5 Å². The number of nitrogens with two attached hydrogens (primary N) is 1. The number of sulfonamides is 1. The first-order valence-electron chi connectivity index (χ1n) is 6.55. The van der Waals surface area contributed by atoms with Crippen LogP contribution in [0.2, 0.25) is 0 Å². The summed E-state index contributed by atoms with van der Waals surface area (Å²) in [4.78, 5) is 1.03. The van der Waals surface area contributed by atoms with Gasteiger partial charge in [0.15, 0.2) is 0 Å². The Labute approximate surface area is 124 Å². The average molecular weight is 316 g/mol. The Bertz CT molecular complexity index is 531. The third-order valence-electron chi connectivity index (χ3n) is 3.09. The molecule has 1 atom stereocenters. The number of rotatable bonds is 5. The highest BCUT2D eigenvalue weighted by molar-refractivity contribution is 8.00. The summed E-state index contributed by atoms with van der Waals surface area (Å²) in [5.41, 5.74) is 6.32. The van der Waals surface area contributed by atoms with Crippen LogP contribution in [-0.4, -0.2) is 50.0 Å². The number of nitrogen functional groups attached to an aromatic ring is 1. The summed E-state index contributed by atoms with van der Waals surface area (Å²) >= 11 is 1.53. The van der Waals surface area contributed by atoms with E-state index in [0.717, 1.165) is 4.90 Å². The summed E-state index contributed by atoms with van der Waals surface area (Å²) in [7, 11) is -3.19. The lowest BCUT2D eigenvalue weighted by Crippen LogP contribution is -2.45. The van der Waals surface area contributed by atoms with E-state index < -0.39 is 10.0 Å². The summed E-state index contributed by atoms with van der Waals surface area (Å²) in [6, 6.07) is 7.45. The van der Waals surface area contributed by atoms with Crippen LogP contribution in [0.15, 0.2) is 29.2 Å². The van der Waals surface area contributed by atoms with Crippen molar-refractivity contribution in [3.63, 3.8) is 0 Å². The molecule has 2 N–H and O–H groups in total. The monoisotopic (exact) mass is 316 g/mol. The molecule has 0 amide bonds. The van der Waals surface area contributed by atoms with E-state index in [1.807, 2.05) is 31.2 Å². The van der Waals surface area contributed by atoms with Crippen molar-refractivity contribution in [2.45, 2.75) is 17.9 Å². The highest BCUT2D eigenvalue weighted by atomic mass is 32.2. The molecule has 20 heavy (non-hydrogen) atoms. The second-order valence-corrected chi connectivity index (χ2v) is 8.03. The maximum Gasteiger partial charge on any atom is 0.215 e. The largest absolute Gasteiger partial charge is 0.399 e. The first kappa shape index (κ1) is 15.6. The normalized spacial score (nSPS) is 20.9. The molecule has 1 heterocycles. The molecule has 0 bridgehead atoms. The number of thioether (sulfide) groups is 1. The summed E-state index contributed by atoms with van der Waals surface area (Å²) in [5, 5.41) is 0. The highest BCUT2D eigenvalue weighted by Crippen LogP contribution is 2.20. The van der Waals surface area contributed by atoms with Crippen LogP contribution in [0.4, 0.5) is 5.69 Å². The molecule has 1 fully saturated rings. The lowest BCUT2D eigenvalue weighted by Gasteiger charge is -2.30. The van der Waals surface area contributed by atoms with Crippen molar-refractivity contribution in [1.82, 2.24) is 4.31 Å². The lowest BCUT2D eigenvalue weighted by atomic mass is 10.3. The zero-order chi connectivity index (χ0) is 14.6. The summed E-state index contributed by atoms with van der Waals surface area (Å²) in [6.45, 7) is 3.28. The number of anilines is 1. The van der Waals surface area contributed by atoms with Crippen LogP contribution < -0.4 is 5.73 Å². The van der Waals surface area contributed by atoms with Crippen LogP contribution in [0.25, 0.3) is 0 Å². The molecule has 112 valence electrons. The fourth-order valence-electron chi connectivity index (χ4n) is 2.00. The van der Waals surface area contributed by atoms with Crippen molar-refractivity contribution in [2.24, 2.45) is 0 Å². The number of morpholine rings is 1. The minimum absolute atomic E-state index is 0.0247. The topological polar surface area (TPSA) is 72.6 Å². The first-order chi connectivity index (χ1) is 9.47. The fraction of sp³-hybridized carbons (Fsp3) is 0.538. The second-order valence-electron chi connectivity index (χ2n) is 4.77. The van der Waals surface area contributed by atoms with E-state index in [-0.39, 0.29) is 11.9 Å². The fourth-order valence-corrected chi connectivity index (χ4v) is 4.79. The van der Waals surface area contributed by atoms with Gasteiger partial charge in [0.05, 0.1) is 18.5 Å². The molecule has 2 rings (SSSR count). The number of benzene rings is 1. The van der Waals surface area contributed by atoms with Gasteiger partial charge >= 0.3 is 0 Å². The summed E-state index contributed by atoms with van der Waals surface area (Å²) in [5.74, 6) is 0.687. The number of hydrogen-bond acceptors (Lipinski definition) is 5. The van der Waals surface area contributed by atoms with Crippen LogP contribution in [0.3, 0.4) is 0 Å². The van der Waals surface area contributed by atoms with Crippen molar-refractivity contribution in [3.8, 4) is 0 Å². The SMILES string of the molecule is CC1CN(S(=O)(=O)CCSc2ccc(N)cc2)CCO1. The van der Waals surface area contributed by atoms with Gasteiger partial charge in [-0.25, -0.2) is 8.42 Å². The van der Waals surface area contributed by atoms with Crippen molar-refractivity contribution in [3.05, 3.63) is 24.3 Å². The molecule has 0 saturated carbocycles. The Hall–Kier alpha value is -0.760. The van der Waals surface area contributed by atoms with Crippen molar-refractivity contribution in [1.29, 1.82) is 0 Å². The Morgan fingerprint density at radius 2 is 2.10 bits per heavy atom. The standard InChI is InChI=1S/C13H20N2O3S2/c1-11-10-15(6-7-18-11)20(16,17)9-8-19-13-4-2-12(14)3-5-13/h2-5,11H,6-10,14H2,1H3. The molecule has 1 aromatic rings. The molecule has 0 spiro atoms. The van der Waals surface area contributed by atoms with Gasteiger partial charge in [-0.3, -0.25) is 0 Å². The van der Waals surface area contributed by atoms with Gasteiger partial charge in [0.2, 0.25) is 10.0 Å². The van der Waals surface area contributed by atoms with E-state index in [0.29, 0.717) is 31.1 Å². The van der Waals surface area contributed by atoms with E-state index in [2.05, 4.69) is 0 Å². The molecule has 0 radical (unpaired) electrons. The van der Waals surface area contributed by atoms with Gasteiger partial charge in [0.1, 0.15) is 0 Å². The zero-order valence-corrected chi connectivity index (χ0v) is 13.1. The molecule has 1 aliphatic rings. The van der Waals surface area contributed by atoms with Crippen molar-refractivity contribution >= 4 is 27.5 Å². The molecular formula is C13H20N2O3S2. The maximum atomic E-state index is 12.2. The molecule has 7 heteroatoms. The molecular weight excluding hydrogens is 296 g/mol. The smallest absolute Gasteiger partial charge is 0.215 e. The van der Waals surface area contributed by atoms with Crippen LogP contribution >= 0.6 is 11.8 Å². The average Bonchev–Trinajstić information content (AvgIpc) is 2.41. The number of nitrogens with zero attached hydrogens (tertiary/aromatic N) is 1. The molecule has 5 nitrogen and oxygen atoms in total. The van der Waals surface area contributed by atoms with Crippen molar-refractivity contribution in [2.75, 3.05) is 36.9 Å². The number of ether oxygens (including phenoxy) is 1. The molecule has 1 aliphatic heterocycles. The van der Waals surface area contributed by atoms with E-state index >= 15 is 0 Å².